The van der Waals surface area contributed by atoms with Crippen LogP contribution in [0.5, 0.6) is 0 Å². The van der Waals surface area contributed by atoms with E-state index in [0.717, 1.165) is 4.47 Å². The van der Waals surface area contributed by atoms with Crippen molar-refractivity contribution in [2.45, 2.75) is 12.2 Å². The molecule has 0 aliphatic heterocycles. The summed E-state index contributed by atoms with van der Waals surface area (Å²) in [6.45, 7) is 0. The van der Waals surface area contributed by atoms with Gasteiger partial charge in [-0.25, -0.2) is 0 Å². The molecule has 1 atom stereocenters. The summed E-state index contributed by atoms with van der Waals surface area (Å²) in [5.41, 5.74) is 0.479. The van der Waals surface area contributed by atoms with E-state index in [9.17, 15) is 13.2 Å². The maximum atomic E-state index is 12.9. The van der Waals surface area contributed by atoms with Gasteiger partial charge >= 0.3 is 6.18 Å². The number of nitrogens with one attached hydrogen (secondary N) is 1. The van der Waals surface area contributed by atoms with Crippen LogP contribution in [0.15, 0.2) is 34.9 Å². The van der Waals surface area contributed by atoms with Gasteiger partial charge in [0.15, 0.2) is 0 Å². The number of halogens is 4. The molecular weight excluding hydrogens is 309 g/mol. The molecule has 0 saturated heterocycles. The van der Waals surface area contributed by atoms with Gasteiger partial charge in [-0.2, -0.15) is 13.2 Å². The molecule has 2 nitrogen and oxygen atoms in total. The Balaban J connectivity index is 2.68. The average molecular weight is 319 g/mol. The normalized spacial score (nSPS) is 13.8. The first-order chi connectivity index (χ1) is 8.45. The number of pyridine rings is 1. The van der Waals surface area contributed by atoms with E-state index in [2.05, 4.69) is 26.2 Å². The van der Waals surface area contributed by atoms with Crippen LogP contribution in [0.2, 0.25) is 0 Å². The average Bonchev–Trinajstić information content (AvgIpc) is 2.32. The van der Waals surface area contributed by atoms with Crippen molar-refractivity contribution in [3.8, 4) is 0 Å². The second kappa shape index (κ2) is 4.85. The molecule has 2 rings (SSSR count). The van der Waals surface area contributed by atoms with Crippen molar-refractivity contribution in [2.24, 2.45) is 0 Å². The molecule has 0 amide bonds. The Kier molecular flexibility index (Phi) is 3.59. The molecular formula is C12H10BrF3N2. The van der Waals surface area contributed by atoms with Gasteiger partial charge in [0.05, 0.1) is 5.52 Å². The highest BCUT2D eigenvalue weighted by Gasteiger charge is 2.40. The molecule has 0 spiro atoms. The van der Waals surface area contributed by atoms with Gasteiger partial charge in [0, 0.05) is 21.6 Å². The van der Waals surface area contributed by atoms with Crippen molar-refractivity contribution < 1.29 is 13.2 Å². The fourth-order valence-corrected chi connectivity index (χ4v) is 2.34. The lowest BCUT2D eigenvalue weighted by Gasteiger charge is -2.21. The minimum Gasteiger partial charge on any atom is -0.305 e. The summed E-state index contributed by atoms with van der Waals surface area (Å²) >= 11 is 3.31. The molecule has 1 N–H and O–H groups in total. The van der Waals surface area contributed by atoms with Crippen LogP contribution in [0.3, 0.4) is 0 Å². The minimum atomic E-state index is -4.35. The molecule has 0 fully saturated rings. The zero-order valence-corrected chi connectivity index (χ0v) is 11.0. The van der Waals surface area contributed by atoms with E-state index in [1.807, 2.05) is 0 Å². The molecule has 0 bridgehead atoms. The van der Waals surface area contributed by atoms with Crippen LogP contribution in [0.25, 0.3) is 10.9 Å². The van der Waals surface area contributed by atoms with E-state index in [1.165, 1.54) is 19.3 Å². The summed E-state index contributed by atoms with van der Waals surface area (Å²) in [6, 6.07) is 4.75. The number of hydrogen-bond acceptors (Lipinski definition) is 2. The zero-order chi connectivity index (χ0) is 13.3. The number of alkyl halides is 3. The number of fused-ring (bicyclic) bond motifs is 1. The summed E-state index contributed by atoms with van der Waals surface area (Å²) < 4.78 is 39.5. The molecule has 0 aliphatic rings. The quantitative estimate of drug-likeness (QED) is 0.910. The first-order valence-electron chi connectivity index (χ1n) is 5.22. The Morgan fingerprint density at radius 1 is 1.28 bits per heavy atom. The van der Waals surface area contributed by atoms with Gasteiger partial charge < -0.3 is 5.32 Å². The lowest BCUT2D eigenvalue weighted by Crippen LogP contribution is -2.31. The first-order valence-corrected chi connectivity index (χ1v) is 6.01. The molecule has 96 valence electrons. The fraction of sp³-hybridized carbons (Fsp3) is 0.250. The van der Waals surface area contributed by atoms with Crippen molar-refractivity contribution >= 4 is 26.8 Å². The van der Waals surface area contributed by atoms with Crippen molar-refractivity contribution in [2.75, 3.05) is 7.05 Å². The van der Waals surface area contributed by atoms with Crippen LogP contribution in [0, 0.1) is 0 Å². The van der Waals surface area contributed by atoms with Crippen molar-refractivity contribution in [3.05, 3.63) is 40.5 Å². The molecule has 2 aromatic rings. The lowest BCUT2D eigenvalue weighted by molar-refractivity contribution is -0.156. The van der Waals surface area contributed by atoms with Gasteiger partial charge in [0.2, 0.25) is 0 Å². The number of benzene rings is 1. The largest absolute Gasteiger partial charge is 0.407 e. The van der Waals surface area contributed by atoms with Crippen molar-refractivity contribution in [1.82, 2.24) is 10.3 Å². The molecule has 1 aromatic carbocycles. The van der Waals surface area contributed by atoms with Crippen LogP contribution in [-0.2, 0) is 0 Å². The Labute approximate surface area is 110 Å². The number of aromatic nitrogens is 1. The second-order valence-corrected chi connectivity index (χ2v) is 4.65. The van der Waals surface area contributed by atoms with Gasteiger partial charge in [0.25, 0.3) is 0 Å². The number of rotatable bonds is 2. The third kappa shape index (κ3) is 2.35. The lowest BCUT2D eigenvalue weighted by atomic mass is 10.0. The smallest absolute Gasteiger partial charge is 0.305 e. The van der Waals surface area contributed by atoms with Crippen LogP contribution in [0.4, 0.5) is 13.2 Å². The summed E-state index contributed by atoms with van der Waals surface area (Å²) in [7, 11) is 1.29. The van der Waals surface area contributed by atoms with Crippen LogP contribution >= 0.6 is 15.9 Å². The third-order valence-corrected chi connectivity index (χ3v) is 3.37. The Hall–Kier alpha value is -1.14. The predicted octanol–water partition coefficient (Wildman–Crippen LogP) is 3.82. The first kappa shape index (κ1) is 13.3. The zero-order valence-electron chi connectivity index (χ0n) is 9.42. The van der Waals surface area contributed by atoms with Crippen LogP contribution in [-0.4, -0.2) is 18.2 Å². The highest BCUT2D eigenvalue weighted by molar-refractivity contribution is 9.10. The summed E-state index contributed by atoms with van der Waals surface area (Å²) in [4.78, 5) is 4.05. The van der Waals surface area contributed by atoms with Crippen molar-refractivity contribution in [3.63, 3.8) is 0 Å². The number of hydrogen-bond donors (Lipinski definition) is 1. The molecule has 0 aliphatic carbocycles. The molecule has 0 saturated carbocycles. The maximum Gasteiger partial charge on any atom is 0.407 e. The highest BCUT2D eigenvalue weighted by Crippen LogP contribution is 2.36. The summed E-state index contributed by atoms with van der Waals surface area (Å²) in [5, 5.41) is 2.96. The standard InChI is InChI=1S/C12H10BrF3N2/c1-17-11(12(14,15)16)8-4-5-9(13)7-3-2-6-18-10(7)8/h2-6,11,17H,1H3. The van der Waals surface area contributed by atoms with Gasteiger partial charge in [-0.15, -0.1) is 0 Å². The van der Waals surface area contributed by atoms with Crippen LogP contribution in [0.1, 0.15) is 11.6 Å². The van der Waals surface area contributed by atoms with E-state index >= 15 is 0 Å². The van der Waals surface area contributed by atoms with E-state index in [-0.39, 0.29) is 5.56 Å². The second-order valence-electron chi connectivity index (χ2n) is 3.80. The molecule has 1 aromatic heterocycles. The SMILES string of the molecule is CNC(c1ccc(Br)c2cccnc12)C(F)(F)F. The topological polar surface area (TPSA) is 24.9 Å². The summed E-state index contributed by atoms with van der Waals surface area (Å²) in [6.07, 6.45) is -2.87. The fourth-order valence-electron chi connectivity index (χ4n) is 1.89. The molecule has 1 heterocycles. The molecule has 0 radical (unpaired) electrons. The van der Waals surface area contributed by atoms with Gasteiger partial charge in [0.1, 0.15) is 6.04 Å². The predicted molar refractivity (Wildman–Crippen MR) is 67.3 cm³/mol. The summed E-state index contributed by atoms with van der Waals surface area (Å²) in [5.74, 6) is 0. The van der Waals surface area contributed by atoms with E-state index in [4.69, 9.17) is 0 Å². The highest BCUT2D eigenvalue weighted by atomic mass is 79.9. The van der Waals surface area contributed by atoms with E-state index in [0.29, 0.717) is 10.9 Å². The Morgan fingerprint density at radius 2 is 2.00 bits per heavy atom. The Morgan fingerprint density at radius 3 is 2.61 bits per heavy atom. The van der Waals surface area contributed by atoms with Crippen LogP contribution < -0.4 is 5.32 Å². The van der Waals surface area contributed by atoms with Crippen molar-refractivity contribution in [1.29, 1.82) is 0 Å². The van der Waals surface area contributed by atoms with Gasteiger partial charge in [-0.05, 0) is 19.2 Å². The number of nitrogens with zero attached hydrogens (tertiary/aromatic N) is 1. The van der Waals surface area contributed by atoms with Gasteiger partial charge in [-0.3, -0.25) is 4.98 Å². The third-order valence-electron chi connectivity index (χ3n) is 2.67. The molecule has 18 heavy (non-hydrogen) atoms. The molecule has 6 heteroatoms. The van der Waals surface area contributed by atoms with E-state index in [1.54, 1.807) is 18.2 Å². The van der Waals surface area contributed by atoms with E-state index < -0.39 is 12.2 Å². The molecule has 1 unspecified atom stereocenters. The monoisotopic (exact) mass is 318 g/mol. The maximum absolute atomic E-state index is 12.9. The minimum absolute atomic E-state index is 0.129. The van der Waals surface area contributed by atoms with Gasteiger partial charge in [-0.1, -0.05) is 28.1 Å². The Bertz CT molecular complexity index is 569.